The van der Waals surface area contributed by atoms with Gasteiger partial charge in [0.2, 0.25) is 0 Å². The predicted molar refractivity (Wildman–Crippen MR) is 96.5 cm³/mol. The van der Waals surface area contributed by atoms with Crippen LogP contribution in [0.5, 0.6) is 0 Å². The summed E-state index contributed by atoms with van der Waals surface area (Å²) in [6.07, 6.45) is -15.7. The van der Waals surface area contributed by atoms with Crippen LogP contribution in [-0.4, -0.2) is 42.2 Å². The molecule has 2 unspecified atom stereocenters. The Bertz CT molecular complexity index is 561. The first kappa shape index (κ1) is 22.7. The molecule has 2 saturated heterocycles. The third kappa shape index (κ3) is 3.91. The average molecular weight is 618 g/mol. The Hall–Kier alpha value is 0.390. The summed E-state index contributed by atoms with van der Waals surface area (Å²) in [7, 11) is 0. The maximum absolute atomic E-state index is 12.9. The van der Waals surface area contributed by atoms with Crippen molar-refractivity contribution < 1.29 is 41.0 Å². The first-order valence-electron chi connectivity index (χ1n) is 7.49. The summed E-state index contributed by atoms with van der Waals surface area (Å²) < 4.78 is 87.1. The van der Waals surface area contributed by atoms with Gasteiger partial charge in [-0.05, 0) is 0 Å². The van der Waals surface area contributed by atoms with E-state index in [0.29, 0.717) is 0 Å². The number of hydrogen-bond acceptors (Lipinski definition) is 5. The van der Waals surface area contributed by atoms with Crippen molar-refractivity contribution in [3.8, 4) is 0 Å². The van der Waals surface area contributed by atoms with Crippen LogP contribution in [0, 0.1) is 5.92 Å². The number of hydrogen-bond donors (Lipinski definition) is 3. The van der Waals surface area contributed by atoms with Gasteiger partial charge in [-0.3, -0.25) is 0 Å². The van der Waals surface area contributed by atoms with E-state index in [1.54, 1.807) is 36.4 Å². The third-order valence-corrected chi connectivity index (χ3v) is 11.3. The van der Waals surface area contributed by atoms with Crippen molar-refractivity contribution >= 4 is 48.9 Å². The van der Waals surface area contributed by atoms with Crippen LogP contribution in [0.3, 0.4) is 0 Å². The van der Waals surface area contributed by atoms with E-state index >= 15 is 0 Å². The first-order chi connectivity index (χ1) is 11.5. The van der Waals surface area contributed by atoms with Gasteiger partial charge in [-0.15, -0.1) is 0 Å². The quantitative estimate of drug-likeness (QED) is 0.0773. The zero-order valence-corrected chi connectivity index (χ0v) is 18.2. The van der Waals surface area contributed by atoms with Crippen molar-refractivity contribution in [2.75, 3.05) is 0 Å². The molecule has 2 aliphatic rings. The summed E-state index contributed by atoms with van der Waals surface area (Å²) in [5, 5.41) is 9.40. The van der Waals surface area contributed by atoms with Crippen LogP contribution in [0.4, 0.5) is 26.3 Å². The Balaban J connectivity index is 2.19. The van der Waals surface area contributed by atoms with Gasteiger partial charge in [0.15, 0.2) is 0 Å². The Morgan fingerprint density at radius 3 is 1.92 bits per heavy atom. The van der Waals surface area contributed by atoms with Crippen molar-refractivity contribution in [2.24, 2.45) is 5.92 Å². The van der Waals surface area contributed by atoms with E-state index in [-0.39, 0.29) is 12.3 Å². The van der Waals surface area contributed by atoms with Crippen molar-refractivity contribution in [3.05, 3.63) is 0 Å². The standard InChI is InChI=1S/C13H18F6I2N2O3/c1-6(2)4-7(5-10(25,11(14,15)16)12(17,18)19)26-8(24)9(3,20)13-21(22-13)23-13/h6-7,22-23,25H,4-5H2,1-3H3. The van der Waals surface area contributed by atoms with E-state index < -0.39 is 63.9 Å². The number of carbonyl (C=O) groups excluding carboxylic acids is 1. The van der Waals surface area contributed by atoms with Crippen molar-refractivity contribution in [3.63, 3.8) is 0 Å². The van der Waals surface area contributed by atoms with Gasteiger partial charge in [-0.1, -0.05) is 0 Å². The van der Waals surface area contributed by atoms with E-state index in [4.69, 9.17) is 4.74 Å². The van der Waals surface area contributed by atoms with Crippen LogP contribution < -0.4 is 7.06 Å². The summed E-state index contributed by atoms with van der Waals surface area (Å²) in [5.41, 5.74) is -4.95. The SMILES string of the molecule is CC(C)CC(CC(O)(C(F)(F)F)C(F)(F)F)OC(=O)C(C)(I)C12NI1N2. The summed E-state index contributed by atoms with van der Waals surface area (Å²) in [4.78, 5) is 12.4. The van der Waals surface area contributed by atoms with Gasteiger partial charge in [-0.25, -0.2) is 0 Å². The number of aliphatic hydroxyl groups is 1. The molecule has 2 fully saturated rings. The molecular formula is C13H18F6I2N2O3. The van der Waals surface area contributed by atoms with Crippen LogP contribution in [0.25, 0.3) is 0 Å². The number of esters is 1. The Kier molecular flexibility index (Phi) is 5.87. The summed E-state index contributed by atoms with van der Waals surface area (Å²) in [6.45, 7) is 4.64. The van der Waals surface area contributed by atoms with E-state index in [1.165, 1.54) is 6.92 Å². The van der Waals surface area contributed by atoms with Gasteiger partial charge in [0, 0.05) is 0 Å². The third-order valence-electron chi connectivity index (χ3n) is 4.16. The first-order valence-corrected chi connectivity index (χ1v) is 11.8. The van der Waals surface area contributed by atoms with Crippen molar-refractivity contribution in [1.29, 1.82) is 0 Å². The second-order valence-corrected chi connectivity index (χ2v) is 13.3. The molecule has 5 nitrogen and oxygen atoms in total. The fraction of sp³-hybridized carbons (Fsp3) is 0.923. The molecule has 0 aromatic heterocycles. The van der Waals surface area contributed by atoms with Crippen molar-refractivity contribution in [2.45, 2.75) is 64.8 Å². The van der Waals surface area contributed by atoms with Crippen molar-refractivity contribution in [1.82, 2.24) is 7.06 Å². The molecule has 2 heterocycles. The van der Waals surface area contributed by atoms with Gasteiger partial charge in [0.1, 0.15) is 0 Å². The van der Waals surface area contributed by atoms with E-state index in [0.717, 1.165) is 0 Å². The van der Waals surface area contributed by atoms with Gasteiger partial charge < -0.3 is 0 Å². The maximum atomic E-state index is 12.9. The molecule has 0 aromatic rings. The molecule has 3 N–H and O–H groups in total. The number of ether oxygens (including phenoxy) is 1. The Morgan fingerprint density at radius 1 is 1.19 bits per heavy atom. The number of carbonyl (C=O) groups is 1. The van der Waals surface area contributed by atoms with Crippen LogP contribution in [0.2, 0.25) is 0 Å². The molecule has 0 bridgehead atoms. The molecule has 0 saturated carbocycles. The second kappa shape index (κ2) is 6.73. The molecule has 2 atom stereocenters. The molecular weight excluding hydrogens is 600 g/mol. The van der Waals surface area contributed by atoms with Gasteiger partial charge in [0.05, 0.1) is 0 Å². The second-order valence-electron chi connectivity index (χ2n) is 6.85. The molecule has 0 spiro atoms. The summed E-state index contributed by atoms with van der Waals surface area (Å²) in [6, 6.07) is 0. The van der Waals surface area contributed by atoms with Crippen LogP contribution in [-0.2, 0) is 9.53 Å². The summed E-state index contributed by atoms with van der Waals surface area (Å²) >= 11 is 0.187. The van der Waals surface area contributed by atoms with Crippen LogP contribution in [0.1, 0.15) is 33.6 Å². The molecule has 154 valence electrons. The zero-order valence-electron chi connectivity index (χ0n) is 13.9. The predicted octanol–water partition coefficient (Wildman–Crippen LogP) is 3.58. The molecule has 2 rings (SSSR count). The van der Waals surface area contributed by atoms with Gasteiger partial charge in [0.25, 0.3) is 0 Å². The molecule has 0 aromatic carbocycles. The Morgan fingerprint density at radius 2 is 1.62 bits per heavy atom. The number of rotatable bonds is 7. The van der Waals surface area contributed by atoms with E-state index in [2.05, 4.69) is 7.06 Å². The fourth-order valence-electron chi connectivity index (χ4n) is 2.40. The minimum absolute atomic E-state index is 0.247. The monoisotopic (exact) mass is 618 g/mol. The number of nitrogens with one attached hydrogen (secondary N) is 2. The topological polar surface area (TPSA) is 90.4 Å². The van der Waals surface area contributed by atoms with Crippen LogP contribution in [0.15, 0.2) is 0 Å². The minimum atomic E-state index is -5.95. The zero-order chi connectivity index (χ0) is 20.3. The molecule has 13 heteroatoms. The van der Waals surface area contributed by atoms with Gasteiger partial charge >= 0.3 is 168 Å². The van der Waals surface area contributed by atoms with Gasteiger partial charge in [-0.2, -0.15) is 0 Å². The molecule has 2 aliphatic heterocycles. The normalized spacial score (nSPS) is 23.9. The molecule has 0 aliphatic carbocycles. The van der Waals surface area contributed by atoms with Crippen LogP contribution >= 0.6 is 43.0 Å². The number of alkyl halides is 8. The number of halogens is 8. The van der Waals surface area contributed by atoms with E-state index in [9.17, 15) is 36.2 Å². The molecule has 26 heavy (non-hydrogen) atoms. The van der Waals surface area contributed by atoms with E-state index in [1.807, 2.05) is 0 Å². The molecule has 0 amide bonds. The Labute approximate surface area is 167 Å². The molecule has 0 radical (unpaired) electrons. The number of fused-ring (bicyclic) bond motifs is 1. The fourth-order valence-corrected chi connectivity index (χ4v) is 10.2. The average Bonchev–Trinajstić information content (AvgIpc) is 3.23. The summed E-state index contributed by atoms with van der Waals surface area (Å²) in [5.74, 6) is -1.26.